The number of aliphatic hydroxyl groups excluding tert-OH is 1. The van der Waals surface area contributed by atoms with Gasteiger partial charge in [0.15, 0.2) is 0 Å². The van der Waals surface area contributed by atoms with E-state index in [4.69, 9.17) is 15.6 Å². The van der Waals surface area contributed by atoms with Crippen LogP contribution in [0.1, 0.15) is 25.3 Å². The Morgan fingerprint density at radius 1 is 1.29 bits per heavy atom. The van der Waals surface area contributed by atoms with E-state index in [1.807, 2.05) is 12.1 Å². The van der Waals surface area contributed by atoms with Crippen molar-refractivity contribution in [3.05, 3.63) is 29.8 Å². The molecule has 3 heteroatoms. The van der Waals surface area contributed by atoms with Crippen LogP contribution in [-0.2, 0) is 6.42 Å². The minimum absolute atomic E-state index is 0.175. The second-order valence-electron chi connectivity index (χ2n) is 4.32. The van der Waals surface area contributed by atoms with Crippen molar-refractivity contribution < 1.29 is 9.84 Å². The summed E-state index contributed by atoms with van der Waals surface area (Å²) in [5, 5.41) is 9.05. The van der Waals surface area contributed by atoms with Crippen molar-refractivity contribution in [2.24, 2.45) is 11.7 Å². The third-order valence-electron chi connectivity index (χ3n) is 2.83. The molecule has 3 nitrogen and oxygen atoms in total. The summed E-state index contributed by atoms with van der Waals surface area (Å²) >= 11 is 0. The fraction of sp³-hybridized carbons (Fsp3) is 0.571. The van der Waals surface area contributed by atoms with E-state index in [2.05, 4.69) is 19.1 Å². The SMILES string of the molecule is CCCOc1ccc(CCC(CN)CO)cc1. The number of aliphatic hydroxyl groups is 1. The zero-order valence-electron chi connectivity index (χ0n) is 10.6. The van der Waals surface area contributed by atoms with E-state index < -0.39 is 0 Å². The molecular weight excluding hydrogens is 214 g/mol. The van der Waals surface area contributed by atoms with Crippen molar-refractivity contribution in [2.75, 3.05) is 19.8 Å². The highest BCUT2D eigenvalue weighted by molar-refractivity contribution is 5.27. The summed E-state index contributed by atoms with van der Waals surface area (Å²) in [6.45, 7) is 3.58. The van der Waals surface area contributed by atoms with Gasteiger partial charge in [-0.25, -0.2) is 0 Å². The predicted molar refractivity (Wildman–Crippen MR) is 70.2 cm³/mol. The topological polar surface area (TPSA) is 55.5 Å². The van der Waals surface area contributed by atoms with E-state index in [0.717, 1.165) is 31.6 Å². The summed E-state index contributed by atoms with van der Waals surface area (Å²) in [7, 11) is 0. The van der Waals surface area contributed by atoms with Gasteiger partial charge in [0.1, 0.15) is 5.75 Å². The Hall–Kier alpha value is -1.06. The summed E-state index contributed by atoms with van der Waals surface area (Å²) in [5.74, 6) is 1.14. The molecule has 0 spiro atoms. The van der Waals surface area contributed by atoms with Crippen LogP contribution in [0.25, 0.3) is 0 Å². The lowest BCUT2D eigenvalue weighted by Crippen LogP contribution is -2.18. The second-order valence-corrected chi connectivity index (χ2v) is 4.32. The van der Waals surface area contributed by atoms with E-state index in [1.54, 1.807) is 0 Å². The van der Waals surface area contributed by atoms with Crippen LogP contribution >= 0.6 is 0 Å². The fourth-order valence-corrected chi connectivity index (χ4v) is 1.63. The predicted octanol–water partition coefficient (Wildman–Crippen LogP) is 1.98. The zero-order valence-corrected chi connectivity index (χ0v) is 10.6. The van der Waals surface area contributed by atoms with Crippen molar-refractivity contribution >= 4 is 0 Å². The standard InChI is InChI=1S/C14H23NO2/c1-2-9-17-14-7-5-12(6-8-14)3-4-13(10-15)11-16/h5-8,13,16H,2-4,9-11,15H2,1H3. The Balaban J connectivity index is 2.39. The summed E-state index contributed by atoms with van der Waals surface area (Å²) in [5.41, 5.74) is 6.81. The van der Waals surface area contributed by atoms with Crippen molar-refractivity contribution in [3.8, 4) is 5.75 Å². The van der Waals surface area contributed by atoms with E-state index in [-0.39, 0.29) is 12.5 Å². The number of aryl methyl sites for hydroxylation is 1. The first-order valence-corrected chi connectivity index (χ1v) is 6.32. The first kappa shape index (κ1) is 14.0. The lowest BCUT2D eigenvalue weighted by molar-refractivity contribution is 0.223. The molecular formula is C14H23NO2. The Bertz CT molecular complexity index is 294. The molecule has 0 aliphatic rings. The largest absolute Gasteiger partial charge is 0.494 e. The van der Waals surface area contributed by atoms with Crippen molar-refractivity contribution in [2.45, 2.75) is 26.2 Å². The molecule has 0 bridgehead atoms. The van der Waals surface area contributed by atoms with E-state index in [1.165, 1.54) is 5.56 Å². The van der Waals surface area contributed by atoms with Gasteiger partial charge in [-0.3, -0.25) is 0 Å². The average Bonchev–Trinajstić information content (AvgIpc) is 2.39. The van der Waals surface area contributed by atoms with Gasteiger partial charge in [0, 0.05) is 6.61 Å². The maximum absolute atomic E-state index is 9.05. The lowest BCUT2D eigenvalue weighted by atomic mass is 10.0. The number of hydrogen-bond donors (Lipinski definition) is 2. The van der Waals surface area contributed by atoms with Gasteiger partial charge in [-0.1, -0.05) is 19.1 Å². The third-order valence-corrected chi connectivity index (χ3v) is 2.83. The highest BCUT2D eigenvalue weighted by Gasteiger charge is 2.05. The quantitative estimate of drug-likeness (QED) is 0.727. The fourth-order valence-electron chi connectivity index (χ4n) is 1.63. The monoisotopic (exact) mass is 237 g/mol. The molecule has 0 amide bonds. The van der Waals surface area contributed by atoms with E-state index >= 15 is 0 Å². The molecule has 0 saturated carbocycles. The summed E-state index contributed by atoms with van der Waals surface area (Å²) in [4.78, 5) is 0. The van der Waals surface area contributed by atoms with Gasteiger partial charge in [-0.15, -0.1) is 0 Å². The molecule has 1 unspecified atom stereocenters. The summed E-state index contributed by atoms with van der Waals surface area (Å²) in [6, 6.07) is 8.16. The first-order valence-electron chi connectivity index (χ1n) is 6.32. The Morgan fingerprint density at radius 2 is 2.00 bits per heavy atom. The molecule has 1 rings (SSSR count). The number of hydrogen-bond acceptors (Lipinski definition) is 3. The van der Waals surface area contributed by atoms with Crippen molar-refractivity contribution in [1.82, 2.24) is 0 Å². The van der Waals surface area contributed by atoms with Crippen LogP contribution in [0.15, 0.2) is 24.3 Å². The van der Waals surface area contributed by atoms with Crippen LogP contribution < -0.4 is 10.5 Å². The van der Waals surface area contributed by atoms with Gasteiger partial charge in [-0.2, -0.15) is 0 Å². The zero-order chi connectivity index (χ0) is 12.5. The molecule has 0 aliphatic carbocycles. The average molecular weight is 237 g/mol. The number of rotatable bonds is 8. The molecule has 3 N–H and O–H groups in total. The molecule has 0 aliphatic heterocycles. The Kier molecular flexibility index (Phi) is 6.67. The van der Waals surface area contributed by atoms with Gasteiger partial charge >= 0.3 is 0 Å². The van der Waals surface area contributed by atoms with Crippen molar-refractivity contribution in [1.29, 1.82) is 0 Å². The van der Waals surface area contributed by atoms with E-state index in [9.17, 15) is 0 Å². The molecule has 1 atom stereocenters. The smallest absolute Gasteiger partial charge is 0.119 e. The van der Waals surface area contributed by atoms with Gasteiger partial charge in [0.05, 0.1) is 6.61 Å². The van der Waals surface area contributed by atoms with Crippen LogP contribution in [0.5, 0.6) is 5.75 Å². The Labute approximate surface area is 104 Å². The molecule has 0 radical (unpaired) electrons. The van der Waals surface area contributed by atoms with Gasteiger partial charge in [-0.05, 0) is 49.4 Å². The van der Waals surface area contributed by atoms with Crippen LogP contribution in [0.4, 0.5) is 0 Å². The van der Waals surface area contributed by atoms with Crippen LogP contribution in [0, 0.1) is 5.92 Å². The summed E-state index contributed by atoms with van der Waals surface area (Å²) in [6.07, 6.45) is 2.91. The molecule has 0 aromatic heterocycles. The highest BCUT2D eigenvalue weighted by atomic mass is 16.5. The normalized spacial score (nSPS) is 12.4. The molecule has 17 heavy (non-hydrogen) atoms. The van der Waals surface area contributed by atoms with Crippen molar-refractivity contribution in [3.63, 3.8) is 0 Å². The molecule has 96 valence electrons. The highest BCUT2D eigenvalue weighted by Crippen LogP contribution is 2.15. The molecule has 0 saturated heterocycles. The maximum atomic E-state index is 9.05. The number of benzene rings is 1. The van der Waals surface area contributed by atoms with Gasteiger partial charge in [0.25, 0.3) is 0 Å². The first-order chi connectivity index (χ1) is 8.30. The maximum Gasteiger partial charge on any atom is 0.119 e. The van der Waals surface area contributed by atoms with Crippen LogP contribution in [-0.4, -0.2) is 24.9 Å². The molecule has 0 fully saturated rings. The molecule has 1 aromatic rings. The van der Waals surface area contributed by atoms with Gasteiger partial charge in [0.2, 0.25) is 0 Å². The molecule has 0 heterocycles. The minimum atomic E-state index is 0.175. The summed E-state index contributed by atoms with van der Waals surface area (Å²) < 4.78 is 5.52. The van der Waals surface area contributed by atoms with Crippen LogP contribution in [0.2, 0.25) is 0 Å². The Morgan fingerprint density at radius 3 is 2.53 bits per heavy atom. The lowest BCUT2D eigenvalue weighted by Gasteiger charge is -2.11. The van der Waals surface area contributed by atoms with Gasteiger partial charge < -0.3 is 15.6 Å². The van der Waals surface area contributed by atoms with E-state index in [0.29, 0.717) is 6.54 Å². The molecule has 1 aromatic carbocycles. The van der Waals surface area contributed by atoms with Crippen LogP contribution in [0.3, 0.4) is 0 Å². The number of ether oxygens (including phenoxy) is 1. The second kappa shape index (κ2) is 8.09. The number of nitrogens with two attached hydrogens (primary N) is 1. The third kappa shape index (κ3) is 5.20. The minimum Gasteiger partial charge on any atom is -0.494 e.